The van der Waals surface area contributed by atoms with Crippen LogP contribution in [0, 0.1) is 5.82 Å². The van der Waals surface area contributed by atoms with E-state index in [2.05, 4.69) is 9.88 Å². The van der Waals surface area contributed by atoms with Gasteiger partial charge in [0.25, 0.3) is 0 Å². The van der Waals surface area contributed by atoms with Gasteiger partial charge in [-0.05, 0) is 37.9 Å². The number of likely N-dealkylation sites (tertiary alicyclic amines) is 1. The van der Waals surface area contributed by atoms with Crippen molar-refractivity contribution in [3.05, 3.63) is 46.0 Å². The van der Waals surface area contributed by atoms with Crippen LogP contribution in [-0.4, -0.2) is 34.2 Å². The fraction of sp³-hybridized carbons (Fsp3) is 0.438. The number of benzene rings is 1. The number of aliphatic hydroxyl groups is 1. The summed E-state index contributed by atoms with van der Waals surface area (Å²) in [5.74, 6) is -0.405. The van der Waals surface area contributed by atoms with Crippen LogP contribution in [0.15, 0.2) is 29.1 Å². The summed E-state index contributed by atoms with van der Waals surface area (Å²) in [7, 11) is 0. The summed E-state index contributed by atoms with van der Waals surface area (Å²) in [6.07, 6.45) is 2.27. The molecule has 5 heteroatoms. The standard InChI is InChI=1S/C16H19FN2O2/c17-14-5-1-4-13-15(21)9-11(18-16(13)14)10-19-7-2-3-12(20)6-8-19/h1,4-5,9,12,20H,2-3,6-8,10H2,(H,18,21)/t12-/m0/s1. The van der Waals surface area contributed by atoms with Crippen LogP contribution >= 0.6 is 0 Å². The maximum absolute atomic E-state index is 13.8. The van der Waals surface area contributed by atoms with Gasteiger partial charge in [-0.15, -0.1) is 0 Å². The van der Waals surface area contributed by atoms with E-state index in [9.17, 15) is 14.3 Å². The van der Waals surface area contributed by atoms with Gasteiger partial charge in [0.15, 0.2) is 5.43 Å². The highest BCUT2D eigenvalue weighted by atomic mass is 19.1. The van der Waals surface area contributed by atoms with Crippen molar-refractivity contribution in [3.8, 4) is 0 Å². The Balaban J connectivity index is 1.87. The van der Waals surface area contributed by atoms with Gasteiger partial charge >= 0.3 is 0 Å². The van der Waals surface area contributed by atoms with E-state index in [-0.39, 0.29) is 17.0 Å². The lowest BCUT2D eigenvalue weighted by atomic mass is 10.2. The molecule has 4 nitrogen and oxygen atoms in total. The zero-order valence-electron chi connectivity index (χ0n) is 11.8. The number of hydrogen-bond acceptors (Lipinski definition) is 3. The molecule has 1 aliphatic heterocycles. The van der Waals surface area contributed by atoms with Crippen molar-refractivity contribution in [1.29, 1.82) is 0 Å². The van der Waals surface area contributed by atoms with Gasteiger partial charge in [-0.1, -0.05) is 6.07 Å². The maximum Gasteiger partial charge on any atom is 0.189 e. The van der Waals surface area contributed by atoms with Crippen molar-refractivity contribution < 1.29 is 9.50 Å². The number of fused-ring (bicyclic) bond motifs is 1. The van der Waals surface area contributed by atoms with Gasteiger partial charge in [-0.25, -0.2) is 4.39 Å². The molecule has 1 atom stereocenters. The van der Waals surface area contributed by atoms with E-state index in [1.54, 1.807) is 18.2 Å². The summed E-state index contributed by atoms with van der Waals surface area (Å²) in [5.41, 5.74) is 0.831. The number of para-hydroxylation sites is 1. The van der Waals surface area contributed by atoms with Gasteiger partial charge in [-0.3, -0.25) is 9.69 Å². The number of hydrogen-bond donors (Lipinski definition) is 2. The molecule has 112 valence electrons. The highest BCUT2D eigenvalue weighted by molar-refractivity contribution is 5.78. The monoisotopic (exact) mass is 290 g/mol. The normalized spacial score (nSPS) is 20.6. The predicted molar refractivity (Wildman–Crippen MR) is 79.7 cm³/mol. The molecule has 0 spiro atoms. The second kappa shape index (κ2) is 5.95. The molecular formula is C16H19FN2O2. The van der Waals surface area contributed by atoms with Gasteiger partial charge in [0, 0.05) is 30.2 Å². The first-order chi connectivity index (χ1) is 10.1. The van der Waals surface area contributed by atoms with Crippen LogP contribution in [0.25, 0.3) is 10.9 Å². The fourth-order valence-electron chi connectivity index (χ4n) is 2.91. The number of aromatic amines is 1. The van der Waals surface area contributed by atoms with Crippen LogP contribution in [0.2, 0.25) is 0 Å². The first-order valence-electron chi connectivity index (χ1n) is 7.34. The van der Waals surface area contributed by atoms with Crippen LogP contribution in [0.1, 0.15) is 25.0 Å². The number of pyridine rings is 1. The first-order valence-corrected chi connectivity index (χ1v) is 7.34. The summed E-state index contributed by atoms with van der Waals surface area (Å²) in [5, 5.41) is 10.0. The molecule has 0 saturated carbocycles. The Kier molecular flexibility index (Phi) is 4.03. The predicted octanol–water partition coefficient (Wildman–Crippen LogP) is 2.01. The van der Waals surface area contributed by atoms with Gasteiger partial charge in [-0.2, -0.15) is 0 Å². The zero-order valence-corrected chi connectivity index (χ0v) is 11.8. The molecule has 21 heavy (non-hydrogen) atoms. The van der Waals surface area contributed by atoms with Crippen molar-refractivity contribution >= 4 is 10.9 Å². The Labute approximate surface area is 122 Å². The Morgan fingerprint density at radius 2 is 2.19 bits per heavy atom. The topological polar surface area (TPSA) is 56.3 Å². The third-order valence-electron chi connectivity index (χ3n) is 4.05. The van der Waals surface area contributed by atoms with Crippen molar-refractivity contribution in [2.75, 3.05) is 13.1 Å². The average Bonchev–Trinajstić information content (AvgIpc) is 2.65. The lowest BCUT2D eigenvalue weighted by molar-refractivity contribution is 0.154. The number of aliphatic hydroxyl groups excluding tert-OH is 1. The van der Waals surface area contributed by atoms with Crippen molar-refractivity contribution in [2.45, 2.75) is 31.9 Å². The van der Waals surface area contributed by atoms with Crippen LogP contribution in [0.3, 0.4) is 0 Å². The first kappa shape index (κ1) is 14.2. The number of nitrogens with zero attached hydrogens (tertiary/aromatic N) is 1. The summed E-state index contributed by atoms with van der Waals surface area (Å²) in [6.45, 7) is 2.25. The van der Waals surface area contributed by atoms with E-state index >= 15 is 0 Å². The third-order valence-corrected chi connectivity index (χ3v) is 4.05. The van der Waals surface area contributed by atoms with Crippen LogP contribution in [-0.2, 0) is 6.54 Å². The minimum atomic E-state index is -0.405. The Bertz CT molecular complexity index is 698. The number of aromatic nitrogens is 1. The zero-order chi connectivity index (χ0) is 14.8. The lowest BCUT2D eigenvalue weighted by Crippen LogP contribution is -2.26. The molecule has 2 N–H and O–H groups in total. The molecule has 1 aromatic heterocycles. The van der Waals surface area contributed by atoms with E-state index < -0.39 is 5.82 Å². The van der Waals surface area contributed by atoms with Crippen molar-refractivity contribution in [3.63, 3.8) is 0 Å². The largest absolute Gasteiger partial charge is 0.393 e. The highest BCUT2D eigenvalue weighted by Gasteiger charge is 2.16. The summed E-state index contributed by atoms with van der Waals surface area (Å²) in [6, 6.07) is 6.07. The minimum Gasteiger partial charge on any atom is -0.393 e. The van der Waals surface area contributed by atoms with Crippen molar-refractivity contribution in [2.24, 2.45) is 0 Å². The Morgan fingerprint density at radius 1 is 1.33 bits per heavy atom. The van der Waals surface area contributed by atoms with E-state index in [1.807, 2.05) is 0 Å². The molecule has 2 heterocycles. The van der Waals surface area contributed by atoms with Gasteiger partial charge in [0.1, 0.15) is 5.82 Å². The molecule has 2 aromatic rings. The second-order valence-electron chi connectivity index (χ2n) is 5.68. The van der Waals surface area contributed by atoms with E-state index in [0.717, 1.165) is 32.4 Å². The molecule has 1 aliphatic rings. The molecule has 0 unspecified atom stereocenters. The molecule has 0 amide bonds. The second-order valence-corrected chi connectivity index (χ2v) is 5.68. The molecule has 1 saturated heterocycles. The van der Waals surface area contributed by atoms with Crippen LogP contribution < -0.4 is 5.43 Å². The lowest BCUT2D eigenvalue weighted by Gasteiger charge is -2.19. The molecule has 1 fully saturated rings. The molecule has 0 aliphatic carbocycles. The molecule has 1 aromatic carbocycles. The number of halogens is 1. The molecular weight excluding hydrogens is 271 g/mol. The smallest absolute Gasteiger partial charge is 0.189 e. The molecule has 0 radical (unpaired) electrons. The van der Waals surface area contributed by atoms with E-state index in [0.29, 0.717) is 17.6 Å². The van der Waals surface area contributed by atoms with Crippen LogP contribution in [0.5, 0.6) is 0 Å². The van der Waals surface area contributed by atoms with Gasteiger partial charge in [0.05, 0.1) is 11.6 Å². The van der Waals surface area contributed by atoms with E-state index in [4.69, 9.17) is 0 Å². The highest BCUT2D eigenvalue weighted by Crippen LogP contribution is 2.16. The maximum atomic E-state index is 13.8. The SMILES string of the molecule is O=c1cc(CN2CCC[C@H](O)CC2)[nH]c2c(F)cccc12. The summed E-state index contributed by atoms with van der Waals surface area (Å²) < 4.78 is 13.8. The fourth-order valence-corrected chi connectivity index (χ4v) is 2.91. The summed E-state index contributed by atoms with van der Waals surface area (Å²) in [4.78, 5) is 17.3. The third kappa shape index (κ3) is 3.14. The summed E-state index contributed by atoms with van der Waals surface area (Å²) >= 11 is 0. The number of nitrogens with one attached hydrogen (secondary N) is 1. The Hall–Kier alpha value is -1.72. The number of rotatable bonds is 2. The van der Waals surface area contributed by atoms with E-state index in [1.165, 1.54) is 6.07 Å². The quantitative estimate of drug-likeness (QED) is 0.889. The van der Waals surface area contributed by atoms with Gasteiger partial charge in [0.2, 0.25) is 0 Å². The Morgan fingerprint density at radius 3 is 3.05 bits per heavy atom. The minimum absolute atomic E-state index is 0.159. The number of H-pyrrole nitrogens is 1. The molecule has 3 rings (SSSR count). The van der Waals surface area contributed by atoms with Crippen molar-refractivity contribution in [1.82, 2.24) is 9.88 Å². The van der Waals surface area contributed by atoms with Gasteiger partial charge < -0.3 is 10.1 Å². The average molecular weight is 290 g/mol. The molecule has 0 bridgehead atoms. The van der Waals surface area contributed by atoms with Crippen LogP contribution in [0.4, 0.5) is 4.39 Å².